The minimum atomic E-state index is -3.07. The summed E-state index contributed by atoms with van der Waals surface area (Å²) < 4.78 is 42.2. The van der Waals surface area contributed by atoms with Crippen LogP contribution in [0.3, 0.4) is 0 Å². The Kier molecular flexibility index (Phi) is 5.99. The minimum absolute atomic E-state index is 0.0937. The van der Waals surface area contributed by atoms with E-state index in [-0.39, 0.29) is 23.5 Å². The predicted molar refractivity (Wildman–Crippen MR) is 85.1 cm³/mol. The molecular weight excluding hydrogens is 337 g/mol. The van der Waals surface area contributed by atoms with E-state index in [1.54, 1.807) is 0 Å². The molecule has 2 amide bonds. The quantitative estimate of drug-likeness (QED) is 0.869. The van der Waals surface area contributed by atoms with Crippen molar-refractivity contribution in [1.29, 1.82) is 0 Å². The number of ether oxygens (including phenoxy) is 1. The fourth-order valence-corrected chi connectivity index (χ4v) is 2.10. The van der Waals surface area contributed by atoms with Crippen LogP contribution in [0.2, 0.25) is 0 Å². The standard InChI is InChI=1S/C17H15F3N2O3/c1-22(10-15(23)21-12-6-4-5-11(18)9-12)16(24)13-7-2-3-8-14(13)25-17(19)20/h2-9,17H,10H2,1H3,(H,21,23). The second-order valence-corrected chi connectivity index (χ2v) is 5.09. The summed E-state index contributed by atoms with van der Waals surface area (Å²) in [6.07, 6.45) is 0. The number of nitrogens with one attached hydrogen (secondary N) is 1. The van der Waals surface area contributed by atoms with Gasteiger partial charge in [-0.1, -0.05) is 18.2 Å². The number of hydrogen-bond acceptors (Lipinski definition) is 3. The Bertz CT molecular complexity index is 768. The molecule has 25 heavy (non-hydrogen) atoms. The van der Waals surface area contributed by atoms with Gasteiger partial charge in [0.2, 0.25) is 5.91 Å². The third-order valence-corrected chi connectivity index (χ3v) is 3.17. The lowest BCUT2D eigenvalue weighted by Crippen LogP contribution is -2.35. The SMILES string of the molecule is CN(CC(=O)Nc1cccc(F)c1)C(=O)c1ccccc1OC(F)F. The molecule has 5 nitrogen and oxygen atoms in total. The summed E-state index contributed by atoms with van der Waals surface area (Å²) in [6.45, 7) is -3.42. The first-order valence-corrected chi connectivity index (χ1v) is 7.21. The topological polar surface area (TPSA) is 58.6 Å². The van der Waals surface area contributed by atoms with Crippen LogP contribution in [-0.4, -0.2) is 36.9 Å². The van der Waals surface area contributed by atoms with Crippen molar-refractivity contribution in [3.8, 4) is 5.75 Å². The van der Waals surface area contributed by atoms with Gasteiger partial charge in [-0.3, -0.25) is 9.59 Å². The molecule has 0 aliphatic heterocycles. The number of hydrogen-bond donors (Lipinski definition) is 1. The molecule has 132 valence electrons. The molecule has 2 aromatic rings. The summed E-state index contributed by atoms with van der Waals surface area (Å²) in [4.78, 5) is 25.3. The predicted octanol–water partition coefficient (Wildman–Crippen LogP) is 3.14. The average Bonchev–Trinajstić information content (AvgIpc) is 2.54. The van der Waals surface area contributed by atoms with Gasteiger partial charge in [0.05, 0.1) is 12.1 Å². The zero-order chi connectivity index (χ0) is 18.4. The highest BCUT2D eigenvalue weighted by molar-refractivity contribution is 6.00. The molecule has 0 unspecified atom stereocenters. The molecule has 0 spiro atoms. The molecule has 0 radical (unpaired) electrons. The summed E-state index contributed by atoms with van der Waals surface area (Å²) >= 11 is 0. The van der Waals surface area contributed by atoms with E-state index in [2.05, 4.69) is 10.1 Å². The number of para-hydroxylation sites is 1. The molecule has 0 aliphatic rings. The number of anilines is 1. The fourth-order valence-electron chi connectivity index (χ4n) is 2.10. The van der Waals surface area contributed by atoms with Gasteiger partial charge in [-0.2, -0.15) is 8.78 Å². The van der Waals surface area contributed by atoms with Crippen LogP contribution in [0.1, 0.15) is 10.4 Å². The fraction of sp³-hybridized carbons (Fsp3) is 0.176. The minimum Gasteiger partial charge on any atom is -0.434 e. The number of amides is 2. The van der Waals surface area contributed by atoms with Gasteiger partial charge in [-0.25, -0.2) is 4.39 Å². The van der Waals surface area contributed by atoms with Crippen molar-refractivity contribution >= 4 is 17.5 Å². The van der Waals surface area contributed by atoms with Gasteiger partial charge in [-0.15, -0.1) is 0 Å². The Labute approximate surface area is 142 Å². The smallest absolute Gasteiger partial charge is 0.387 e. The van der Waals surface area contributed by atoms with Crippen LogP contribution in [-0.2, 0) is 4.79 Å². The molecule has 1 N–H and O–H groups in total. The second-order valence-electron chi connectivity index (χ2n) is 5.09. The van der Waals surface area contributed by atoms with E-state index in [1.807, 2.05) is 0 Å². The molecule has 0 saturated heterocycles. The van der Waals surface area contributed by atoms with Gasteiger partial charge in [0, 0.05) is 12.7 Å². The highest BCUT2D eigenvalue weighted by atomic mass is 19.3. The average molecular weight is 352 g/mol. The summed E-state index contributed by atoms with van der Waals surface area (Å²) in [5.74, 6) is -2.01. The maximum Gasteiger partial charge on any atom is 0.387 e. The van der Waals surface area contributed by atoms with E-state index in [0.29, 0.717) is 0 Å². The van der Waals surface area contributed by atoms with Gasteiger partial charge in [-0.05, 0) is 30.3 Å². The highest BCUT2D eigenvalue weighted by Gasteiger charge is 2.20. The Hall–Kier alpha value is -3.03. The third kappa shape index (κ3) is 5.23. The molecule has 2 rings (SSSR count). The van der Waals surface area contributed by atoms with E-state index in [0.717, 1.165) is 11.0 Å². The zero-order valence-corrected chi connectivity index (χ0v) is 13.2. The van der Waals surface area contributed by atoms with Gasteiger partial charge in [0.1, 0.15) is 11.6 Å². The van der Waals surface area contributed by atoms with Crippen LogP contribution in [0.25, 0.3) is 0 Å². The van der Waals surface area contributed by atoms with Crippen molar-refractivity contribution in [2.24, 2.45) is 0 Å². The first-order chi connectivity index (χ1) is 11.9. The Balaban J connectivity index is 2.04. The molecule has 0 aromatic heterocycles. The number of alkyl halides is 2. The summed E-state index contributed by atoms with van der Waals surface area (Å²) in [5.41, 5.74) is 0.149. The molecular formula is C17H15F3N2O3. The number of nitrogens with zero attached hydrogens (tertiary/aromatic N) is 1. The molecule has 0 atom stereocenters. The van der Waals surface area contributed by atoms with Gasteiger partial charge < -0.3 is 15.0 Å². The summed E-state index contributed by atoms with van der Waals surface area (Å²) in [7, 11) is 1.34. The van der Waals surface area contributed by atoms with Crippen LogP contribution >= 0.6 is 0 Å². The zero-order valence-electron chi connectivity index (χ0n) is 13.2. The number of likely N-dealkylation sites (N-methyl/N-ethyl adjacent to an activating group) is 1. The lowest BCUT2D eigenvalue weighted by molar-refractivity contribution is -0.116. The van der Waals surface area contributed by atoms with E-state index in [1.165, 1.54) is 49.5 Å². The van der Waals surface area contributed by atoms with Crippen LogP contribution in [0.4, 0.5) is 18.9 Å². The Morgan fingerprint density at radius 3 is 2.56 bits per heavy atom. The lowest BCUT2D eigenvalue weighted by Gasteiger charge is -2.18. The molecule has 0 aliphatic carbocycles. The molecule has 0 fully saturated rings. The largest absolute Gasteiger partial charge is 0.434 e. The molecule has 0 saturated carbocycles. The Morgan fingerprint density at radius 1 is 1.16 bits per heavy atom. The first kappa shape index (κ1) is 18.3. The molecule has 8 heteroatoms. The lowest BCUT2D eigenvalue weighted by atomic mass is 10.2. The van der Waals surface area contributed by atoms with Crippen molar-refractivity contribution in [1.82, 2.24) is 4.90 Å². The maximum atomic E-state index is 13.1. The van der Waals surface area contributed by atoms with Crippen LogP contribution in [0.15, 0.2) is 48.5 Å². The van der Waals surface area contributed by atoms with Crippen LogP contribution in [0, 0.1) is 5.82 Å². The van der Waals surface area contributed by atoms with Crippen molar-refractivity contribution in [2.75, 3.05) is 18.9 Å². The third-order valence-electron chi connectivity index (χ3n) is 3.17. The van der Waals surface area contributed by atoms with Crippen LogP contribution < -0.4 is 10.1 Å². The van der Waals surface area contributed by atoms with Gasteiger partial charge >= 0.3 is 6.61 Å². The van der Waals surface area contributed by atoms with Gasteiger partial charge in [0.25, 0.3) is 5.91 Å². The van der Waals surface area contributed by atoms with E-state index >= 15 is 0 Å². The number of benzene rings is 2. The van der Waals surface area contributed by atoms with E-state index < -0.39 is 24.2 Å². The summed E-state index contributed by atoms with van der Waals surface area (Å²) in [6, 6.07) is 10.8. The monoisotopic (exact) mass is 352 g/mol. The second kappa shape index (κ2) is 8.18. The van der Waals surface area contributed by atoms with Crippen molar-refractivity contribution < 1.29 is 27.5 Å². The Morgan fingerprint density at radius 2 is 1.88 bits per heavy atom. The molecule has 0 bridgehead atoms. The summed E-state index contributed by atoms with van der Waals surface area (Å²) in [5, 5.41) is 2.44. The molecule has 2 aromatic carbocycles. The highest BCUT2D eigenvalue weighted by Crippen LogP contribution is 2.21. The van der Waals surface area contributed by atoms with Crippen molar-refractivity contribution in [3.63, 3.8) is 0 Å². The van der Waals surface area contributed by atoms with E-state index in [9.17, 15) is 22.8 Å². The maximum absolute atomic E-state index is 13.1. The number of rotatable bonds is 6. The van der Waals surface area contributed by atoms with Gasteiger partial charge in [0.15, 0.2) is 0 Å². The number of carbonyl (C=O) groups excluding carboxylic acids is 2. The van der Waals surface area contributed by atoms with Crippen LogP contribution in [0.5, 0.6) is 5.75 Å². The first-order valence-electron chi connectivity index (χ1n) is 7.21. The van der Waals surface area contributed by atoms with E-state index in [4.69, 9.17) is 0 Å². The van der Waals surface area contributed by atoms with Crippen molar-refractivity contribution in [3.05, 3.63) is 59.9 Å². The normalized spacial score (nSPS) is 10.4. The number of carbonyl (C=O) groups is 2. The molecule has 0 heterocycles. The number of halogens is 3. The van der Waals surface area contributed by atoms with Crippen molar-refractivity contribution in [2.45, 2.75) is 6.61 Å².